The van der Waals surface area contributed by atoms with Crippen molar-refractivity contribution in [1.82, 2.24) is 15.1 Å². The van der Waals surface area contributed by atoms with Crippen LogP contribution in [0.5, 0.6) is 5.75 Å². The number of hydrogen-bond donors (Lipinski definition) is 1. The number of hydrogen-bond acceptors (Lipinski definition) is 3. The van der Waals surface area contributed by atoms with Crippen LogP contribution in [0.15, 0.2) is 23.2 Å². The third-order valence-electron chi connectivity index (χ3n) is 4.84. The van der Waals surface area contributed by atoms with Crippen LogP contribution in [0.1, 0.15) is 27.2 Å². The van der Waals surface area contributed by atoms with E-state index in [9.17, 15) is 8.78 Å². The number of benzene rings is 1. The minimum absolute atomic E-state index is 0.314. The molecule has 0 aromatic heterocycles. The van der Waals surface area contributed by atoms with Gasteiger partial charge in [-0.1, -0.05) is 13.8 Å². The Bertz CT molecular complexity index is 608. The molecule has 0 saturated carbocycles. The molecular formula is C20H32F2N4O. The number of halogens is 2. The number of rotatable bonds is 9. The summed E-state index contributed by atoms with van der Waals surface area (Å²) in [4.78, 5) is 9.40. The van der Waals surface area contributed by atoms with Gasteiger partial charge in [0.1, 0.15) is 12.4 Å². The molecule has 1 aromatic rings. The van der Waals surface area contributed by atoms with Crippen LogP contribution in [-0.2, 0) is 0 Å². The molecule has 152 valence electrons. The van der Waals surface area contributed by atoms with Crippen molar-refractivity contribution < 1.29 is 13.5 Å². The van der Waals surface area contributed by atoms with Gasteiger partial charge in [-0.3, -0.25) is 0 Å². The monoisotopic (exact) mass is 382 g/mol. The highest BCUT2D eigenvalue weighted by atomic mass is 19.2. The van der Waals surface area contributed by atoms with Crippen LogP contribution >= 0.6 is 0 Å². The molecule has 1 aliphatic heterocycles. The lowest BCUT2D eigenvalue weighted by molar-refractivity contribution is 0.255. The highest BCUT2D eigenvalue weighted by Gasteiger charge is 2.25. The third kappa shape index (κ3) is 6.65. The van der Waals surface area contributed by atoms with Gasteiger partial charge in [0.2, 0.25) is 0 Å². The fourth-order valence-electron chi connectivity index (χ4n) is 3.33. The van der Waals surface area contributed by atoms with Crippen LogP contribution in [0.4, 0.5) is 8.78 Å². The standard InChI is InChI=1S/C20H32F2N4O/c1-4-23-20(26-11-9-16(15-26)14-25(5-2)6-3)24-10-12-27-17-7-8-18(21)19(22)13-17/h7-8,13,16H,4-6,9-12,14-15H2,1-3H3,(H,23,24). The Morgan fingerprint density at radius 1 is 1.26 bits per heavy atom. The zero-order chi connectivity index (χ0) is 19.6. The van der Waals surface area contributed by atoms with Crippen molar-refractivity contribution in [1.29, 1.82) is 0 Å². The van der Waals surface area contributed by atoms with Crippen LogP contribution in [0.3, 0.4) is 0 Å². The van der Waals surface area contributed by atoms with Gasteiger partial charge in [-0.15, -0.1) is 0 Å². The van der Waals surface area contributed by atoms with E-state index in [-0.39, 0.29) is 0 Å². The van der Waals surface area contributed by atoms with E-state index < -0.39 is 11.6 Å². The fourth-order valence-corrected chi connectivity index (χ4v) is 3.33. The summed E-state index contributed by atoms with van der Waals surface area (Å²) in [7, 11) is 0. The Hall–Kier alpha value is -1.89. The first-order valence-corrected chi connectivity index (χ1v) is 9.90. The zero-order valence-corrected chi connectivity index (χ0v) is 16.7. The third-order valence-corrected chi connectivity index (χ3v) is 4.84. The SMILES string of the molecule is CCNC(=NCCOc1ccc(F)c(F)c1)N1CCC(CN(CC)CC)C1. The quantitative estimate of drug-likeness (QED) is 0.405. The van der Waals surface area contributed by atoms with E-state index in [0.717, 1.165) is 57.4 Å². The van der Waals surface area contributed by atoms with Crippen LogP contribution in [-0.4, -0.2) is 68.2 Å². The topological polar surface area (TPSA) is 40.1 Å². The second-order valence-electron chi connectivity index (χ2n) is 6.75. The molecule has 1 unspecified atom stereocenters. The lowest BCUT2D eigenvalue weighted by Crippen LogP contribution is -2.41. The highest BCUT2D eigenvalue weighted by Crippen LogP contribution is 2.18. The van der Waals surface area contributed by atoms with E-state index >= 15 is 0 Å². The number of nitrogens with one attached hydrogen (secondary N) is 1. The van der Waals surface area contributed by atoms with E-state index in [2.05, 4.69) is 40.9 Å². The minimum Gasteiger partial charge on any atom is -0.492 e. The van der Waals surface area contributed by atoms with Gasteiger partial charge in [0.25, 0.3) is 0 Å². The van der Waals surface area contributed by atoms with Gasteiger partial charge in [0.05, 0.1) is 6.54 Å². The second kappa shape index (κ2) is 11.1. The maximum atomic E-state index is 13.2. The predicted molar refractivity (Wildman–Crippen MR) is 105 cm³/mol. The van der Waals surface area contributed by atoms with E-state index in [0.29, 0.717) is 24.8 Å². The van der Waals surface area contributed by atoms with Gasteiger partial charge >= 0.3 is 0 Å². The molecule has 1 aromatic carbocycles. The molecule has 1 aliphatic rings. The molecule has 7 heteroatoms. The smallest absolute Gasteiger partial charge is 0.194 e. The van der Waals surface area contributed by atoms with Crippen molar-refractivity contribution >= 4 is 5.96 Å². The molecule has 2 rings (SSSR count). The first-order valence-electron chi connectivity index (χ1n) is 9.90. The van der Waals surface area contributed by atoms with Crippen molar-refractivity contribution in [2.24, 2.45) is 10.9 Å². The minimum atomic E-state index is -0.902. The molecule has 5 nitrogen and oxygen atoms in total. The average Bonchev–Trinajstić information content (AvgIpc) is 3.13. The Morgan fingerprint density at radius 3 is 2.70 bits per heavy atom. The Labute approximate surface area is 161 Å². The molecule has 1 atom stereocenters. The van der Waals surface area contributed by atoms with Crippen molar-refractivity contribution in [3.05, 3.63) is 29.8 Å². The van der Waals surface area contributed by atoms with Crippen LogP contribution < -0.4 is 10.1 Å². The molecule has 1 heterocycles. The normalized spacial score (nSPS) is 17.6. The molecule has 1 N–H and O–H groups in total. The Balaban J connectivity index is 1.84. The average molecular weight is 382 g/mol. The van der Waals surface area contributed by atoms with E-state index in [1.54, 1.807) is 0 Å². The predicted octanol–water partition coefficient (Wildman–Crippen LogP) is 2.97. The summed E-state index contributed by atoms with van der Waals surface area (Å²) in [6.07, 6.45) is 1.17. The number of ether oxygens (including phenoxy) is 1. The number of guanidine groups is 1. The number of aliphatic imine (C=N–C) groups is 1. The van der Waals surface area contributed by atoms with Gasteiger partial charge in [-0.25, -0.2) is 13.8 Å². The van der Waals surface area contributed by atoms with Crippen LogP contribution in [0, 0.1) is 17.6 Å². The summed E-state index contributed by atoms with van der Waals surface area (Å²) in [6.45, 7) is 13.3. The maximum absolute atomic E-state index is 13.2. The maximum Gasteiger partial charge on any atom is 0.194 e. The summed E-state index contributed by atoms with van der Waals surface area (Å²) < 4.78 is 31.6. The Morgan fingerprint density at radius 2 is 2.04 bits per heavy atom. The molecule has 0 bridgehead atoms. The highest BCUT2D eigenvalue weighted by molar-refractivity contribution is 5.80. The van der Waals surface area contributed by atoms with Gasteiger partial charge < -0.3 is 19.9 Å². The number of nitrogens with zero attached hydrogens (tertiary/aromatic N) is 3. The summed E-state index contributed by atoms with van der Waals surface area (Å²) >= 11 is 0. The van der Waals surface area contributed by atoms with Crippen LogP contribution in [0.25, 0.3) is 0 Å². The molecule has 0 radical (unpaired) electrons. The molecule has 1 fully saturated rings. The second-order valence-corrected chi connectivity index (χ2v) is 6.75. The fraction of sp³-hybridized carbons (Fsp3) is 0.650. The Kier molecular flexibility index (Phi) is 8.78. The largest absolute Gasteiger partial charge is 0.492 e. The summed E-state index contributed by atoms with van der Waals surface area (Å²) in [5, 5.41) is 3.34. The first kappa shape index (κ1) is 21.4. The molecule has 0 amide bonds. The lowest BCUT2D eigenvalue weighted by Gasteiger charge is -2.24. The van der Waals surface area contributed by atoms with Gasteiger partial charge in [-0.2, -0.15) is 0 Å². The van der Waals surface area contributed by atoms with Gasteiger partial charge in [-0.05, 0) is 44.5 Å². The van der Waals surface area contributed by atoms with Crippen molar-refractivity contribution in [3.63, 3.8) is 0 Å². The molecule has 1 saturated heterocycles. The van der Waals surface area contributed by atoms with Gasteiger partial charge in [0.15, 0.2) is 17.6 Å². The zero-order valence-electron chi connectivity index (χ0n) is 16.7. The molecule has 0 spiro atoms. The molecular weight excluding hydrogens is 350 g/mol. The lowest BCUT2D eigenvalue weighted by atomic mass is 10.1. The summed E-state index contributed by atoms with van der Waals surface area (Å²) in [5.41, 5.74) is 0. The van der Waals surface area contributed by atoms with Crippen LogP contribution in [0.2, 0.25) is 0 Å². The first-order chi connectivity index (χ1) is 13.1. The van der Waals surface area contributed by atoms with Crippen molar-refractivity contribution in [2.45, 2.75) is 27.2 Å². The van der Waals surface area contributed by atoms with E-state index in [1.807, 2.05) is 0 Å². The van der Waals surface area contributed by atoms with E-state index in [4.69, 9.17) is 4.74 Å². The van der Waals surface area contributed by atoms with Gasteiger partial charge in [0, 0.05) is 32.2 Å². The molecule has 0 aliphatic carbocycles. The van der Waals surface area contributed by atoms with Crippen molar-refractivity contribution in [2.75, 3.05) is 52.4 Å². The molecule has 27 heavy (non-hydrogen) atoms. The summed E-state index contributed by atoms with van der Waals surface area (Å²) in [6, 6.07) is 3.55. The summed E-state index contributed by atoms with van der Waals surface area (Å²) in [5.74, 6) is 0.0962. The van der Waals surface area contributed by atoms with E-state index in [1.165, 1.54) is 12.5 Å². The number of likely N-dealkylation sites (tertiary alicyclic amines) is 1. The van der Waals surface area contributed by atoms with Crippen molar-refractivity contribution in [3.8, 4) is 5.75 Å².